The number of carbonyl (C=O) groups excluding carboxylic acids is 1. The van der Waals surface area contributed by atoms with Crippen LogP contribution in [0, 0.1) is 16.0 Å². The van der Waals surface area contributed by atoms with Crippen molar-refractivity contribution in [2.24, 2.45) is 5.92 Å². The van der Waals surface area contributed by atoms with Crippen molar-refractivity contribution in [3.8, 4) is 5.75 Å². The van der Waals surface area contributed by atoms with Crippen molar-refractivity contribution < 1.29 is 14.5 Å². The Kier molecular flexibility index (Phi) is 6.99. The lowest BCUT2D eigenvalue weighted by molar-refractivity contribution is -0.385. The van der Waals surface area contributed by atoms with Crippen LogP contribution in [0.15, 0.2) is 24.3 Å². The van der Waals surface area contributed by atoms with Crippen LogP contribution in [0.25, 0.3) is 0 Å². The zero-order valence-corrected chi connectivity index (χ0v) is 14.1. The largest absolute Gasteiger partial charge is 0.486 e. The van der Waals surface area contributed by atoms with Crippen molar-refractivity contribution >= 4 is 11.6 Å². The lowest BCUT2D eigenvalue weighted by atomic mass is 9.93. The molecule has 0 radical (unpaired) electrons. The van der Waals surface area contributed by atoms with Gasteiger partial charge in [-0.1, -0.05) is 12.1 Å². The first-order chi connectivity index (χ1) is 11.6. The summed E-state index contributed by atoms with van der Waals surface area (Å²) < 4.78 is 5.44. The molecule has 1 N–H and O–H groups in total. The van der Waals surface area contributed by atoms with E-state index in [4.69, 9.17) is 4.74 Å². The fourth-order valence-electron chi connectivity index (χ4n) is 2.96. The quantitative estimate of drug-likeness (QED) is 0.581. The van der Waals surface area contributed by atoms with E-state index >= 15 is 0 Å². The molecule has 1 amide bonds. The number of nitro benzene ring substituents is 1. The molecule has 132 valence electrons. The Labute approximate surface area is 142 Å². The van der Waals surface area contributed by atoms with Gasteiger partial charge in [-0.3, -0.25) is 14.9 Å². The van der Waals surface area contributed by atoms with Crippen molar-refractivity contribution in [3.63, 3.8) is 0 Å². The number of benzene rings is 1. The van der Waals surface area contributed by atoms with Gasteiger partial charge >= 0.3 is 5.69 Å². The second kappa shape index (κ2) is 9.22. The predicted octanol–water partition coefficient (Wildman–Crippen LogP) is 2.21. The van der Waals surface area contributed by atoms with Crippen LogP contribution in [0.3, 0.4) is 0 Å². The molecule has 0 atom stereocenters. The average molecular weight is 335 g/mol. The second-order valence-corrected chi connectivity index (χ2v) is 6.04. The number of nitro groups is 1. The van der Waals surface area contributed by atoms with Gasteiger partial charge in [0.1, 0.15) is 0 Å². The van der Waals surface area contributed by atoms with Gasteiger partial charge < -0.3 is 15.0 Å². The highest BCUT2D eigenvalue weighted by atomic mass is 16.6. The molecule has 1 heterocycles. The van der Waals surface area contributed by atoms with Crippen molar-refractivity contribution in [1.29, 1.82) is 0 Å². The van der Waals surface area contributed by atoms with Gasteiger partial charge in [0.25, 0.3) is 0 Å². The maximum absolute atomic E-state index is 12.2. The first-order valence-corrected chi connectivity index (χ1v) is 8.40. The van der Waals surface area contributed by atoms with Gasteiger partial charge in [-0.05, 0) is 44.8 Å². The van der Waals surface area contributed by atoms with Crippen LogP contribution < -0.4 is 10.1 Å². The molecule has 24 heavy (non-hydrogen) atoms. The maximum atomic E-state index is 12.2. The maximum Gasteiger partial charge on any atom is 0.310 e. The number of hydrogen-bond donors (Lipinski definition) is 1. The van der Waals surface area contributed by atoms with E-state index in [2.05, 4.69) is 5.32 Å². The second-order valence-electron chi connectivity index (χ2n) is 6.04. The monoisotopic (exact) mass is 335 g/mol. The summed E-state index contributed by atoms with van der Waals surface area (Å²) in [7, 11) is 1.95. The molecule has 0 aromatic heterocycles. The highest BCUT2D eigenvalue weighted by Gasteiger charge is 2.22. The Morgan fingerprint density at radius 3 is 2.75 bits per heavy atom. The molecule has 1 saturated heterocycles. The van der Waals surface area contributed by atoms with E-state index in [1.54, 1.807) is 18.2 Å². The molecule has 2 rings (SSSR count). The molecule has 1 aromatic carbocycles. The van der Waals surface area contributed by atoms with Crippen LogP contribution in [0.2, 0.25) is 0 Å². The molecule has 7 heteroatoms. The first-order valence-electron chi connectivity index (χ1n) is 8.40. The summed E-state index contributed by atoms with van der Waals surface area (Å²) in [5.41, 5.74) is -0.0738. The van der Waals surface area contributed by atoms with E-state index in [1.807, 2.05) is 11.9 Å². The average Bonchev–Trinajstić information content (AvgIpc) is 2.60. The topological polar surface area (TPSA) is 84.7 Å². The highest BCUT2D eigenvalue weighted by molar-refractivity contribution is 5.76. The third-order valence-electron chi connectivity index (χ3n) is 4.41. The molecule has 0 unspecified atom stereocenters. The molecule has 0 bridgehead atoms. The SMILES string of the molecule is CNCCC1CCN(C(=O)CCOc2ccccc2[N+](=O)[O-])CC1. The van der Waals surface area contributed by atoms with Crippen LogP contribution in [-0.4, -0.2) is 49.0 Å². The van der Waals surface area contributed by atoms with E-state index < -0.39 is 4.92 Å². The Bertz CT molecular complexity index is 557. The molecule has 7 nitrogen and oxygen atoms in total. The summed E-state index contributed by atoms with van der Waals surface area (Å²) >= 11 is 0. The minimum absolute atomic E-state index is 0.0562. The van der Waals surface area contributed by atoms with Crippen molar-refractivity contribution in [1.82, 2.24) is 10.2 Å². The first kappa shape index (κ1) is 18.2. The van der Waals surface area contributed by atoms with Gasteiger partial charge in [-0.2, -0.15) is 0 Å². The Morgan fingerprint density at radius 1 is 1.38 bits per heavy atom. The third-order valence-corrected chi connectivity index (χ3v) is 4.41. The Morgan fingerprint density at radius 2 is 2.08 bits per heavy atom. The van der Waals surface area contributed by atoms with Gasteiger partial charge in [0.05, 0.1) is 18.0 Å². The van der Waals surface area contributed by atoms with Crippen molar-refractivity contribution in [2.75, 3.05) is 33.3 Å². The number of piperidine rings is 1. The summed E-state index contributed by atoms with van der Waals surface area (Å²) in [6, 6.07) is 6.22. The lowest BCUT2D eigenvalue weighted by Gasteiger charge is -2.32. The standard InChI is InChI=1S/C17H25N3O4/c1-18-10-6-14-7-11-19(12-8-14)17(21)9-13-24-16-5-3-2-4-15(16)20(22)23/h2-5,14,18H,6-13H2,1H3. The fraction of sp³-hybridized carbons (Fsp3) is 0.588. The van der Waals surface area contributed by atoms with Crippen LogP contribution in [0.5, 0.6) is 5.75 Å². The minimum atomic E-state index is -0.479. The van der Waals surface area contributed by atoms with E-state index in [0.29, 0.717) is 5.92 Å². The zero-order valence-electron chi connectivity index (χ0n) is 14.1. The number of hydrogen-bond acceptors (Lipinski definition) is 5. The van der Waals surface area contributed by atoms with Gasteiger partial charge in [0.15, 0.2) is 5.75 Å². The van der Waals surface area contributed by atoms with Crippen LogP contribution in [0.1, 0.15) is 25.7 Å². The van der Waals surface area contributed by atoms with Crippen LogP contribution in [0.4, 0.5) is 5.69 Å². The molecule has 1 aliphatic heterocycles. The predicted molar refractivity (Wildman–Crippen MR) is 91.1 cm³/mol. The van der Waals surface area contributed by atoms with E-state index in [0.717, 1.165) is 38.9 Å². The van der Waals surface area contributed by atoms with Crippen molar-refractivity contribution in [3.05, 3.63) is 34.4 Å². The fourth-order valence-corrected chi connectivity index (χ4v) is 2.96. The van der Waals surface area contributed by atoms with Crippen molar-refractivity contribution in [2.45, 2.75) is 25.7 Å². The smallest absolute Gasteiger partial charge is 0.310 e. The summed E-state index contributed by atoms with van der Waals surface area (Å²) in [6.07, 6.45) is 3.48. The zero-order chi connectivity index (χ0) is 17.4. The number of nitrogens with zero attached hydrogens (tertiary/aromatic N) is 2. The van der Waals surface area contributed by atoms with Gasteiger partial charge in [0.2, 0.25) is 5.91 Å². The number of amides is 1. The summed E-state index contributed by atoms with van der Waals surface area (Å²) in [4.78, 5) is 24.5. The molecule has 1 aromatic rings. The molecular weight excluding hydrogens is 310 g/mol. The summed E-state index contributed by atoms with van der Waals surface area (Å²) in [6.45, 7) is 2.75. The van der Waals surface area contributed by atoms with E-state index in [9.17, 15) is 14.9 Å². The molecule has 0 saturated carbocycles. The molecule has 0 aliphatic carbocycles. The number of rotatable bonds is 8. The number of ether oxygens (including phenoxy) is 1. The summed E-state index contributed by atoms with van der Waals surface area (Å²) in [5, 5.41) is 14.1. The molecule has 0 spiro atoms. The van der Waals surface area contributed by atoms with Gasteiger partial charge in [-0.15, -0.1) is 0 Å². The number of likely N-dealkylation sites (tertiary alicyclic amines) is 1. The van der Waals surface area contributed by atoms with Gasteiger partial charge in [0, 0.05) is 19.2 Å². The number of carbonyl (C=O) groups is 1. The highest BCUT2D eigenvalue weighted by Crippen LogP contribution is 2.26. The Balaban J connectivity index is 1.74. The Hall–Kier alpha value is -2.15. The lowest BCUT2D eigenvalue weighted by Crippen LogP contribution is -2.39. The number of nitrogens with one attached hydrogen (secondary N) is 1. The van der Waals surface area contributed by atoms with E-state index in [-0.39, 0.29) is 30.4 Å². The molecular formula is C17H25N3O4. The summed E-state index contributed by atoms with van der Waals surface area (Å²) in [5.74, 6) is 0.950. The van der Waals surface area contributed by atoms with Gasteiger partial charge in [-0.25, -0.2) is 0 Å². The molecule has 1 fully saturated rings. The van der Waals surface area contributed by atoms with E-state index in [1.165, 1.54) is 6.07 Å². The van der Waals surface area contributed by atoms with Crippen LogP contribution in [-0.2, 0) is 4.79 Å². The normalized spacial score (nSPS) is 15.3. The number of para-hydroxylation sites is 2. The third kappa shape index (κ3) is 5.19. The van der Waals surface area contributed by atoms with Crippen LogP contribution >= 0.6 is 0 Å². The minimum Gasteiger partial charge on any atom is -0.486 e. The molecule has 1 aliphatic rings.